The van der Waals surface area contributed by atoms with Gasteiger partial charge in [0, 0.05) is 10.4 Å². The Bertz CT molecular complexity index is 1020. The topological polar surface area (TPSA) is 83.5 Å². The van der Waals surface area contributed by atoms with Crippen molar-refractivity contribution in [2.45, 2.75) is 67.9 Å². The van der Waals surface area contributed by atoms with E-state index in [-0.39, 0.29) is 34.8 Å². The summed E-state index contributed by atoms with van der Waals surface area (Å²) < 4.78 is 67.9. The zero-order chi connectivity index (χ0) is 25.3. The second-order valence-electron chi connectivity index (χ2n) is 10.0. The SMILES string of the molecule is CCCOP(=O)(O)Oc1cc(C2(OCC(F)(F)F)OOC23C2CC4CC3CC(Cl)(C4)C2)ccc1Cl. The van der Waals surface area contributed by atoms with E-state index in [4.69, 9.17) is 46.8 Å². The van der Waals surface area contributed by atoms with E-state index >= 15 is 0 Å². The third-order valence-electron chi connectivity index (χ3n) is 7.56. The van der Waals surface area contributed by atoms with Crippen LogP contribution in [0.15, 0.2) is 18.2 Å². The highest BCUT2D eigenvalue weighted by Gasteiger charge is 2.78. The van der Waals surface area contributed by atoms with Crippen molar-refractivity contribution in [2.75, 3.05) is 13.2 Å². The molecule has 4 saturated carbocycles. The molecule has 1 saturated heterocycles. The number of alkyl halides is 4. The monoisotopic (exact) mass is 560 g/mol. The van der Waals surface area contributed by atoms with E-state index in [1.165, 1.54) is 18.2 Å². The molecule has 1 N–H and O–H groups in total. The average molecular weight is 561 g/mol. The summed E-state index contributed by atoms with van der Waals surface area (Å²) in [5, 5.41) is -0.0341. The normalized spacial score (nSPS) is 39.5. The predicted molar refractivity (Wildman–Crippen MR) is 119 cm³/mol. The van der Waals surface area contributed by atoms with E-state index in [0.717, 1.165) is 19.3 Å². The standard InChI is InChI=1S/C22H26Cl2F3O7P/c1-2-5-31-35(28,29)32-18-8-14(3-4-17(18)23)22(30-12-20(25,26)27)21(33-34-22)15-6-13-7-16(21)11-19(24,9-13)10-15/h3-4,8,13,15-16H,2,5-7,9-12H2,1H3,(H,28,29). The number of hydrogen-bond donors (Lipinski definition) is 1. The maximum atomic E-state index is 13.3. The second-order valence-corrected chi connectivity index (χ2v) is 12.6. The molecule has 1 aromatic rings. The lowest BCUT2D eigenvalue weighted by atomic mass is 9.46. The fraction of sp³-hybridized carbons (Fsp3) is 0.727. The fourth-order valence-electron chi connectivity index (χ4n) is 6.57. The smallest absolute Gasteiger partial charge is 0.403 e. The molecule has 0 aromatic heterocycles. The minimum Gasteiger partial charge on any atom is -0.403 e. The molecule has 1 heterocycles. The van der Waals surface area contributed by atoms with Crippen LogP contribution >= 0.6 is 31.0 Å². The number of hydrogen-bond acceptors (Lipinski definition) is 6. The molecular formula is C22H26Cl2F3O7P. The van der Waals surface area contributed by atoms with Crippen LogP contribution in [-0.4, -0.2) is 34.8 Å². The summed E-state index contributed by atoms with van der Waals surface area (Å²) in [6.07, 6.45) is -0.691. The van der Waals surface area contributed by atoms with Crippen molar-refractivity contribution < 1.29 is 46.2 Å². The molecule has 35 heavy (non-hydrogen) atoms. The van der Waals surface area contributed by atoms with E-state index in [1.54, 1.807) is 6.92 Å². The molecule has 0 radical (unpaired) electrons. The van der Waals surface area contributed by atoms with Gasteiger partial charge >= 0.3 is 14.0 Å². The molecule has 13 heteroatoms. The van der Waals surface area contributed by atoms with Crippen LogP contribution in [0.2, 0.25) is 5.02 Å². The molecule has 1 aliphatic heterocycles. The lowest BCUT2D eigenvalue weighted by molar-refractivity contribution is -0.650. The van der Waals surface area contributed by atoms with Crippen LogP contribution in [0, 0.1) is 17.8 Å². The average Bonchev–Trinajstić information content (AvgIpc) is 2.72. The molecule has 196 valence electrons. The summed E-state index contributed by atoms with van der Waals surface area (Å²) in [7, 11) is -4.53. The number of halogens is 5. The summed E-state index contributed by atoms with van der Waals surface area (Å²) in [6.45, 7) is 0.136. The molecular weight excluding hydrogens is 535 g/mol. The first-order chi connectivity index (χ1) is 16.3. The Hall–Kier alpha value is -0.580. The quantitative estimate of drug-likeness (QED) is 0.221. The molecule has 4 atom stereocenters. The first-order valence-electron chi connectivity index (χ1n) is 11.5. The number of phosphoric ester groups is 1. The van der Waals surface area contributed by atoms with Gasteiger partial charge in [0.05, 0.1) is 11.6 Å². The zero-order valence-electron chi connectivity index (χ0n) is 18.9. The number of rotatable bonds is 8. The van der Waals surface area contributed by atoms with Crippen LogP contribution in [0.25, 0.3) is 0 Å². The van der Waals surface area contributed by atoms with Gasteiger partial charge in [0.1, 0.15) is 6.61 Å². The minimum absolute atomic E-state index is 0.0333. The molecule has 4 unspecified atom stereocenters. The third kappa shape index (κ3) is 4.42. The Morgan fingerprint density at radius 3 is 2.43 bits per heavy atom. The lowest BCUT2D eigenvalue weighted by Gasteiger charge is -2.70. The lowest BCUT2D eigenvalue weighted by Crippen LogP contribution is -2.78. The van der Waals surface area contributed by atoms with E-state index in [0.29, 0.717) is 25.2 Å². The Morgan fingerprint density at radius 1 is 1.20 bits per heavy atom. The fourth-order valence-corrected chi connectivity index (χ4v) is 8.24. The highest BCUT2D eigenvalue weighted by atomic mass is 35.5. The van der Waals surface area contributed by atoms with E-state index in [1.807, 2.05) is 0 Å². The first-order valence-corrected chi connectivity index (χ1v) is 13.8. The van der Waals surface area contributed by atoms with Crippen LogP contribution < -0.4 is 4.52 Å². The Labute approximate surface area is 210 Å². The van der Waals surface area contributed by atoms with Gasteiger partial charge in [-0.3, -0.25) is 9.42 Å². The Kier molecular flexibility index (Phi) is 6.50. The maximum absolute atomic E-state index is 13.3. The van der Waals surface area contributed by atoms with Crippen molar-refractivity contribution in [3.8, 4) is 5.75 Å². The first kappa shape index (κ1) is 26.0. The van der Waals surface area contributed by atoms with Gasteiger partial charge in [-0.05, 0) is 68.4 Å². The summed E-state index contributed by atoms with van der Waals surface area (Å²) >= 11 is 13.1. The van der Waals surface area contributed by atoms with Crippen molar-refractivity contribution in [3.05, 3.63) is 28.8 Å². The van der Waals surface area contributed by atoms with Crippen LogP contribution in [0.3, 0.4) is 0 Å². The van der Waals surface area contributed by atoms with Gasteiger partial charge in [-0.15, -0.1) is 11.6 Å². The zero-order valence-corrected chi connectivity index (χ0v) is 21.3. The van der Waals surface area contributed by atoms with Crippen LogP contribution in [-0.2, 0) is 29.4 Å². The maximum Gasteiger partial charge on any atom is 0.527 e. The molecule has 1 spiro atoms. The Morgan fingerprint density at radius 2 is 1.89 bits per heavy atom. The summed E-state index contributed by atoms with van der Waals surface area (Å²) in [5.41, 5.74) is -1.06. The largest absolute Gasteiger partial charge is 0.527 e. The third-order valence-corrected chi connectivity index (χ3v) is 9.27. The van der Waals surface area contributed by atoms with Gasteiger partial charge in [-0.1, -0.05) is 24.6 Å². The molecule has 4 aliphatic carbocycles. The van der Waals surface area contributed by atoms with Crippen molar-refractivity contribution in [1.82, 2.24) is 0 Å². The van der Waals surface area contributed by atoms with Gasteiger partial charge in [0.15, 0.2) is 11.4 Å². The van der Waals surface area contributed by atoms with Crippen LogP contribution in [0.5, 0.6) is 5.75 Å². The molecule has 6 rings (SSSR count). The summed E-state index contributed by atoms with van der Waals surface area (Å²) in [5.74, 6) is -2.19. The van der Waals surface area contributed by atoms with Gasteiger partial charge in [-0.2, -0.15) is 18.1 Å². The summed E-state index contributed by atoms with van der Waals surface area (Å²) in [4.78, 5) is 20.8. The highest BCUT2D eigenvalue weighted by molar-refractivity contribution is 7.47. The highest BCUT2D eigenvalue weighted by Crippen LogP contribution is 2.71. The van der Waals surface area contributed by atoms with Gasteiger partial charge in [0.25, 0.3) is 5.79 Å². The molecule has 0 amide bonds. The Balaban J connectivity index is 1.54. The second kappa shape index (κ2) is 8.73. The van der Waals surface area contributed by atoms with Crippen LogP contribution in [0.1, 0.15) is 51.0 Å². The van der Waals surface area contributed by atoms with Crippen molar-refractivity contribution in [1.29, 1.82) is 0 Å². The molecule has 5 aliphatic rings. The summed E-state index contributed by atoms with van der Waals surface area (Å²) in [6, 6.07) is 4.05. The number of benzene rings is 1. The predicted octanol–water partition coefficient (Wildman–Crippen LogP) is 6.50. The van der Waals surface area contributed by atoms with Crippen molar-refractivity contribution >= 4 is 31.0 Å². The van der Waals surface area contributed by atoms with Crippen LogP contribution in [0.4, 0.5) is 13.2 Å². The van der Waals surface area contributed by atoms with Gasteiger partial charge in [0.2, 0.25) is 0 Å². The number of phosphoric acid groups is 1. The van der Waals surface area contributed by atoms with Gasteiger partial charge < -0.3 is 9.26 Å². The van der Waals surface area contributed by atoms with Gasteiger partial charge in [-0.25, -0.2) is 9.45 Å². The number of ether oxygens (including phenoxy) is 1. The molecule has 7 nitrogen and oxygen atoms in total. The van der Waals surface area contributed by atoms with Crippen molar-refractivity contribution in [2.24, 2.45) is 17.8 Å². The molecule has 1 aromatic carbocycles. The minimum atomic E-state index is -4.63. The van der Waals surface area contributed by atoms with E-state index in [9.17, 15) is 22.6 Å². The van der Waals surface area contributed by atoms with E-state index < -0.39 is 36.9 Å². The molecule has 5 fully saturated rings. The van der Waals surface area contributed by atoms with Crippen molar-refractivity contribution in [3.63, 3.8) is 0 Å². The van der Waals surface area contributed by atoms with E-state index in [2.05, 4.69) is 0 Å². The molecule has 4 bridgehead atoms.